The molecule has 2 aliphatic rings. The van der Waals surface area contributed by atoms with Gasteiger partial charge >= 0.3 is 5.97 Å². The second-order valence-electron chi connectivity index (χ2n) is 13.5. The SMILES string of the molecule is C=C(C)C(=O)OCC(CCO)C1CCC(CCc2ccc(C3CCC(c4ccc(CCCCC)cc4)CC3)cc2)CC1. The standard InChI is InChI=1S/C39H56O3/c1-4-5-6-7-30-10-16-33(17-11-30)35-22-24-36(25-23-35)34-18-12-31(13-19-34)8-9-32-14-20-37(21-15-32)38(26-27-40)28-42-39(41)29(2)3/h10-13,16-19,32,35-38,40H,2,4-9,14-15,20-28H2,1,3H3. The molecule has 4 rings (SSSR count). The van der Waals surface area contributed by atoms with Crippen molar-refractivity contribution in [1.82, 2.24) is 0 Å². The molecule has 230 valence electrons. The Morgan fingerprint density at radius 3 is 1.88 bits per heavy atom. The van der Waals surface area contributed by atoms with E-state index in [-0.39, 0.29) is 18.5 Å². The van der Waals surface area contributed by atoms with Crippen LogP contribution in [0.4, 0.5) is 0 Å². The first-order chi connectivity index (χ1) is 20.5. The van der Waals surface area contributed by atoms with E-state index in [0.717, 1.165) is 18.3 Å². The van der Waals surface area contributed by atoms with E-state index < -0.39 is 0 Å². The Morgan fingerprint density at radius 1 is 0.833 bits per heavy atom. The molecule has 2 aromatic carbocycles. The summed E-state index contributed by atoms with van der Waals surface area (Å²) in [6, 6.07) is 19.2. The number of carbonyl (C=O) groups excluding carboxylic acids is 1. The monoisotopic (exact) mass is 572 g/mol. The van der Waals surface area contributed by atoms with Gasteiger partial charge in [0, 0.05) is 12.2 Å². The molecule has 0 aliphatic heterocycles. The molecule has 0 spiro atoms. The molecular weight excluding hydrogens is 516 g/mol. The molecule has 3 nitrogen and oxygen atoms in total. The smallest absolute Gasteiger partial charge is 0.333 e. The van der Waals surface area contributed by atoms with Crippen LogP contribution in [0, 0.1) is 17.8 Å². The lowest BCUT2D eigenvalue weighted by Gasteiger charge is -2.33. The minimum Gasteiger partial charge on any atom is -0.462 e. The molecule has 2 aliphatic carbocycles. The summed E-state index contributed by atoms with van der Waals surface area (Å²) in [5.41, 5.74) is 6.49. The van der Waals surface area contributed by atoms with Gasteiger partial charge in [-0.25, -0.2) is 4.79 Å². The van der Waals surface area contributed by atoms with Crippen LogP contribution < -0.4 is 0 Å². The van der Waals surface area contributed by atoms with Crippen LogP contribution in [0.1, 0.15) is 131 Å². The largest absolute Gasteiger partial charge is 0.462 e. The zero-order chi connectivity index (χ0) is 29.7. The molecule has 2 fully saturated rings. The molecule has 0 heterocycles. The molecule has 0 saturated heterocycles. The highest BCUT2D eigenvalue weighted by Gasteiger charge is 2.28. The summed E-state index contributed by atoms with van der Waals surface area (Å²) in [5, 5.41) is 9.54. The van der Waals surface area contributed by atoms with Gasteiger partial charge in [0.05, 0.1) is 6.61 Å². The fourth-order valence-electron chi connectivity index (χ4n) is 7.50. The van der Waals surface area contributed by atoms with Crippen molar-refractivity contribution in [3.05, 3.63) is 82.9 Å². The zero-order valence-electron chi connectivity index (χ0n) is 26.5. The Morgan fingerprint density at radius 2 is 1.38 bits per heavy atom. The highest BCUT2D eigenvalue weighted by atomic mass is 16.5. The van der Waals surface area contributed by atoms with Gasteiger partial charge in [-0.1, -0.05) is 87.7 Å². The van der Waals surface area contributed by atoms with Crippen molar-refractivity contribution in [2.45, 2.75) is 122 Å². The number of hydrogen-bond donors (Lipinski definition) is 1. The Kier molecular flexibility index (Phi) is 13.2. The predicted molar refractivity (Wildman–Crippen MR) is 175 cm³/mol. The van der Waals surface area contributed by atoms with E-state index in [2.05, 4.69) is 62.0 Å². The van der Waals surface area contributed by atoms with Crippen LogP contribution in [0.2, 0.25) is 0 Å². The van der Waals surface area contributed by atoms with Crippen LogP contribution in [-0.2, 0) is 22.4 Å². The molecule has 1 unspecified atom stereocenters. The van der Waals surface area contributed by atoms with Crippen LogP contribution >= 0.6 is 0 Å². The number of aliphatic hydroxyl groups excluding tert-OH is 1. The highest BCUT2D eigenvalue weighted by Crippen LogP contribution is 2.41. The first kappa shape index (κ1) is 32.5. The van der Waals surface area contributed by atoms with E-state index >= 15 is 0 Å². The fraction of sp³-hybridized carbons (Fsp3) is 0.615. The van der Waals surface area contributed by atoms with Crippen LogP contribution in [0.3, 0.4) is 0 Å². The third kappa shape index (κ3) is 9.83. The molecule has 0 amide bonds. The lowest BCUT2D eigenvalue weighted by molar-refractivity contribution is -0.141. The first-order valence-corrected chi connectivity index (χ1v) is 17.1. The van der Waals surface area contributed by atoms with E-state index in [1.54, 1.807) is 12.5 Å². The van der Waals surface area contributed by atoms with E-state index in [4.69, 9.17) is 4.74 Å². The van der Waals surface area contributed by atoms with E-state index in [1.807, 2.05) is 0 Å². The lowest BCUT2D eigenvalue weighted by Crippen LogP contribution is -2.27. The van der Waals surface area contributed by atoms with Crippen molar-refractivity contribution >= 4 is 5.97 Å². The summed E-state index contributed by atoms with van der Waals surface area (Å²) in [6.07, 6.45) is 18.3. The molecule has 2 aromatic rings. The predicted octanol–water partition coefficient (Wildman–Crippen LogP) is 9.72. The van der Waals surface area contributed by atoms with Crippen molar-refractivity contribution in [1.29, 1.82) is 0 Å². The Labute approximate surface area is 256 Å². The van der Waals surface area contributed by atoms with E-state index in [0.29, 0.717) is 30.4 Å². The number of esters is 1. The Bertz CT molecular complexity index is 1070. The number of rotatable bonds is 15. The van der Waals surface area contributed by atoms with Crippen LogP contribution in [-0.4, -0.2) is 24.3 Å². The van der Waals surface area contributed by atoms with Gasteiger partial charge in [-0.05, 0) is 129 Å². The molecule has 2 saturated carbocycles. The second-order valence-corrected chi connectivity index (χ2v) is 13.5. The first-order valence-electron chi connectivity index (χ1n) is 17.1. The number of hydrogen-bond acceptors (Lipinski definition) is 3. The van der Waals surface area contributed by atoms with Crippen molar-refractivity contribution in [2.75, 3.05) is 13.2 Å². The summed E-state index contributed by atoms with van der Waals surface area (Å²) < 4.78 is 5.45. The van der Waals surface area contributed by atoms with Gasteiger partial charge in [0.2, 0.25) is 0 Å². The Hall–Kier alpha value is -2.39. The maximum atomic E-state index is 11.8. The zero-order valence-corrected chi connectivity index (χ0v) is 26.5. The summed E-state index contributed by atoms with van der Waals surface area (Å²) in [7, 11) is 0. The molecule has 42 heavy (non-hydrogen) atoms. The minimum atomic E-state index is -0.316. The molecular formula is C39H56O3. The number of carbonyl (C=O) groups is 1. The molecule has 0 aromatic heterocycles. The number of aryl methyl sites for hydroxylation is 2. The van der Waals surface area contributed by atoms with Crippen molar-refractivity contribution in [3.63, 3.8) is 0 Å². The molecule has 3 heteroatoms. The highest BCUT2D eigenvalue weighted by molar-refractivity contribution is 5.86. The summed E-state index contributed by atoms with van der Waals surface area (Å²) in [5.74, 6) is 2.68. The normalized spacial score (nSPS) is 23.3. The van der Waals surface area contributed by atoms with Gasteiger partial charge in [0.1, 0.15) is 0 Å². The second kappa shape index (κ2) is 17.0. The number of aliphatic hydroxyl groups is 1. The lowest BCUT2D eigenvalue weighted by atomic mass is 9.73. The summed E-state index contributed by atoms with van der Waals surface area (Å²) in [6.45, 7) is 8.19. The van der Waals surface area contributed by atoms with Gasteiger partial charge in [-0.3, -0.25) is 0 Å². The van der Waals surface area contributed by atoms with Crippen molar-refractivity contribution in [3.8, 4) is 0 Å². The summed E-state index contributed by atoms with van der Waals surface area (Å²) in [4.78, 5) is 11.8. The fourth-order valence-corrected chi connectivity index (χ4v) is 7.50. The Balaban J connectivity index is 1.16. The third-order valence-electron chi connectivity index (χ3n) is 10.4. The number of ether oxygens (including phenoxy) is 1. The van der Waals surface area contributed by atoms with Gasteiger partial charge in [0.25, 0.3) is 0 Å². The average Bonchev–Trinajstić information content (AvgIpc) is 3.03. The van der Waals surface area contributed by atoms with Crippen molar-refractivity contribution < 1.29 is 14.6 Å². The number of benzene rings is 2. The molecule has 1 atom stereocenters. The quantitative estimate of drug-likeness (QED) is 0.131. The van der Waals surface area contributed by atoms with E-state index in [9.17, 15) is 9.90 Å². The van der Waals surface area contributed by atoms with Gasteiger partial charge < -0.3 is 9.84 Å². The maximum absolute atomic E-state index is 11.8. The van der Waals surface area contributed by atoms with Gasteiger partial charge in [-0.2, -0.15) is 0 Å². The average molecular weight is 573 g/mol. The molecule has 0 radical (unpaired) electrons. The van der Waals surface area contributed by atoms with Gasteiger partial charge in [0.15, 0.2) is 0 Å². The molecule has 0 bridgehead atoms. The van der Waals surface area contributed by atoms with Gasteiger partial charge in [-0.15, -0.1) is 0 Å². The topological polar surface area (TPSA) is 46.5 Å². The minimum absolute atomic E-state index is 0.152. The van der Waals surface area contributed by atoms with Crippen LogP contribution in [0.5, 0.6) is 0 Å². The van der Waals surface area contributed by atoms with Crippen molar-refractivity contribution in [2.24, 2.45) is 17.8 Å². The number of unbranched alkanes of at least 4 members (excludes halogenated alkanes) is 2. The van der Waals surface area contributed by atoms with Crippen LogP contribution in [0.25, 0.3) is 0 Å². The maximum Gasteiger partial charge on any atom is 0.333 e. The third-order valence-corrected chi connectivity index (χ3v) is 10.4. The van der Waals surface area contributed by atoms with Crippen LogP contribution in [0.15, 0.2) is 60.7 Å². The molecule has 1 N–H and O–H groups in total. The van der Waals surface area contributed by atoms with E-state index in [1.165, 1.54) is 100 Å². The summed E-state index contributed by atoms with van der Waals surface area (Å²) >= 11 is 0.